The third-order valence-corrected chi connectivity index (χ3v) is 2.59. The standard InChI is InChI=1S/C10H11BrN2/c1-6(12)10-5-7-4-8(11)2-3-9(7)13-10/h2-6,13H,12H2,1H3/t6-/m0/s1. The zero-order valence-corrected chi connectivity index (χ0v) is 8.93. The molecule has 0 aliphatic carbocycles. The Balaban J connectivity index is 2.62. The molecule has 1 heterocycles. The van der Waals surface area contributed by atoms with Gasteiger partial charge in [0.1, 0.15) is 0 Å². The van der Waals surface area contributed by atoms with E-state index in [0.29, 0.717) is 0 Å². The van der Waals surface area contributed by atoms with Crippen LogP contribution in [-0.2, 0) is 0 Å². The second-order valence-electron chi connectivity index (χ2n) is 3.24. The van der Waals surface area contributed by atoms with Crippen molar-refractivity contribution in [3.8, 4) is 0 Å². The molecule has 0 aliphatic heterocycles. The van der Waals surface area contributed by atoms with Gasteiger partial charge in [-0.25, -0.2) is 0 Å². The van der Waals surface area contributed by atoms with E-state index in [1.54, 1.807) is 0 Å². The molecule has 0 radical (unpaired) electrons. The maximum absolute atomic E-state index is 5.77. The largest absolute Gasteiger partial charge is 0.357 e. The van der Waals surface area contributed by atoms with Crippen LogP contribution in [0.3, 0.4) is 0 Å². The fraction of sp³-hybridized carbons (Fsp3) is 0.200. The van der Waals surface area contributed by atoms with E-state index in [1.165, 1.54) is 5.39 Å². The molecule has 0 unspecified atom stereocenters. The lowest BCUT2D eigenvalue weighted by Gasteiger charge is -1.98. The van der Waals surface area contributed by atoms with Crippen molar-refractivity contribution >= 4 is 26.8 Å². The van der Waals surface area contributed by atoms with Crippen molar-refractivity contribution in [1.29, 1.82) is 0 Å². The minimum Gasteiger partial charge on any atom is -0.357 e. The van der Waals surface area contributed by atoms with E-state index in [9.17, 15) is 0 Å². The van der Waals surface area contributed by atoms with Crippen molar-refractivity contribution in [3.05, 3.63) is 34.4 Å². The highest BCUT2D eigenvalue weighted by Gasteiger charge is 2.03. The van der Waals surface area contributed by atoms with Crippen LogP contribution in [0.2, 0.25) is 0 Å². The normalized spacial score (nSPS) is 13.5. The molecule has 3 N–H and O–H groups in total. The zero-order chi connectivity index (χ0) is 9.42. The first-order valence-electron chi connectivity index (χ1n) is 4.20. The Bertz CT molecular complexity index is 431. The average Bonchev–Trinajstić information content (AvgIpc) is 2.46. The molecule has 0 spiro atoms. The van der Waals surface area contributed by atoms with Gasteiger partial charge in [0.15, 0.2) is 0 Å². The number of nitrogens with one attached hydrogen (secondary N) is 1. The lowest BCUT2D eigenvalue weighted by Crippen LogP contribution is -2.04. The Labute approximate surface area is 85.3 Å². The number of fused-ring (bicyclic) bond motifs is 1. The van der Waals surface area contributed by atoms with Gasteiger partial charge in [-0.15, -0.1) is 0 Å². The van der Waals surface area contributed by atoms with Crippen LogP contribution >= 0.6 is 15.9 Å². The minimum atomic E-state index is 0.0613. The van der Waals surface area contributed by atoms with Gasteiger partial charge >= 0.3 is 0 Å². The molecule has 0 fully saturated rings. The molecular weight excluding hydrogens is 228 g/mol. The Kier molecular flexibility index (Phi) is 2.14. The minimum absolute atomic E-state index is 0.0613. The summed E-state index contributed by atoms with van der Waals surface area (Å²) in [4.78, 5) is 3.28. The van der Waals surface area contributed by atoms with E-state index in [-0.39, 0.29) is 6.04 Å². The summed E-state index contributed by atoms with van der Waals surface area (Å²) in [5.74, 6) is 0. The summed E-state index contributed by atoms with van der Waals surface area (Å²) in [5, 5.41) is 1.20. The molecule has 0 amide bonds. The molecule has 1 aromatic heterocycles. The SMILES string of the molecule is C[C@H](N)c1cc2cc(Br)ccc2[nH]1. The smallest absolute Gasteiger partial charge is 0.0457 e. The topological polar surface area (TPSA) is 41.8 Å². The van der Waals surface area contributed by atoms with Crippen LogP contribution in [0.4, 0.5) is 0 Å². The number of H-pyrrole nitrogens is 1. The van der Waals surface area contributed by atoms with E-state index < -0.39 is 0 Å². The van der Waals surface area contributed by atoms with Crippen LogP contribution < -0.4 is 5.73 Å². The summed E-state index contributed by atoms with van der Waals surface area (Å²) < 4.78 is 1.09. The van der Waals surface area contributed by atoms with Crippen LogP contribution in [0.15, 0.2) is 28.7 Å². The lowest BCUT2D eigenvalue weighted by molar-refractivity contribution is 0.792. The van der Waals surface area contributed by atoms with Crippen LogP contribution in [0.1, 0.15) is 18.7 Å². The van der Waals surface area contributed by atoms with E-state index in [1.807, 2.05) is 19.1 Å². The van der Waals surface area contributed by atoms with Gasteiger partial charge in [0.2, 0.25) is 0 Å². The molecule has 68 valence electrons. The first-order valence-corrected chi connectivity index (χ1v) is 5.00. The van der Waals surface area contributed by atoms with Crippen LogP contribution in [0.5, 0.6) is 0 Å². The highest BCUT2D eigenvalue weighted by Crippen LogP contribution is 2.22. The predicted molar refractivity (Wildman–Crippen MR) is 58.6 cm³/mol. The Morgan fingerprint density at radius 1 is 1.38 bits per heavy atom. The number of nitrogens with two attached hydrogens (primary N) is 1. The van der Waals surface area contributed by atoms with E-state index in [2.05, 4.69) is 33.0 Å². The molecule has 0 saturated heterocycles. The maximum atomic E-state index is 5.77. The Morgan fingerprint density at radius 2 is 2.15 bits per heavy atom. The predicted octanol–water partition coefficient (Wildman–Crippen LogP) is 2.95. The second kappa shape index (κ2) is 3.16. The second-order valence-corrected chi connectivity index (χ2v) is 4.16. The van der Waals surface area contributed by atoms with Crippen molar-refractivity contribution in [2.45, 2.75) is 13.0 Å². The van der Waals surface area contributed by atoms with E-state index in [0.717, 1.165) is 15.7 Å². The van der Waals surface area contributed by atoms with Gasteiger partial charge < -0.3 is 10.7 Å². The van der Waals surface area contributed by atoms with Gasteiger partial charge in [0.05, 0.1) is 0 Å². The number of hydrogen-bond acceptors (Lipinski definition) is 1. The third kappa shape index (κ3) is 1.62. The van der Waals surface area contributed by atoms with E-state index >= 15 is 0 Å². The van der Waals surface area contributed by atoms with Gasteiger partial charge in [-0.3, -0.25) is 0 Å². The van der Waals surface area contributed by atoms with Crippen molar-refractivity contribution < 1.29 is 0 Å². The van der Waals surface area contributed by atoms with Gasteiger partial charge in [-0.05, 0) is 31.2 Å². The summed E-state index contributed by atoms with van der Waals surface area (Å²) in [7, 11) is 0. The quantitative estimate of drug-likeness (QED) is 0.789. The summed E-state index contributed by atoms with van der Waals surface area (Å²) >= 11 is 3.43. The number of hydrogen-bond donors (Lipinski definition) is 2. The fourth-order valence-corrected chi connectivity index (χ4v) is 1.75. The lowest BCUT2D eigenvalue weighted by atomic mass is 10.2. The van der Waals surface area contributed by atoms with Gasteiger partial charge in [-0.2, -0.15) is 0 Å². The Morgan fingerprint density at radius 3 is 2.85 bits per heavy atom. The maximum Gasteiger partial charge on any atom is 0.0457 e. The highest BCUT2D eigenvalue weighted by molar-refractivity contribution is 9.10. The third-order valence-electron chi connectivity index (χ3n) is 2.09. The molecule has 2 nitrogen and oxygen atoms in total. The monoisotopic (exact) mass is 238 g/mol. The molecule has 3 heteroatoms. The molecule has 2 rings (SSSR count). The van der Waals surface area contributed by atoms with Crippen molar-refractivity contribution in [2.24, 2.45) is 5.73 Å². The number of benzene rings is 1. The number of aromatic amines is 1. The van der Waals surface area contributed by atoms with Crippen LogP contribution in [0.25, 0.3) is 10.9 Å². The molecular formula is C10H11BrN2. The van der Waals surface area contributed by atoms with Crippen molar-refractivity contribution in [1.82, 2.24) is 4.98 Å². The average molecular weight is 239 g/mol. The highest BCUT2D eigenvalue weighted by atomic mass is 79.9. The molecule has 0 saturated carbocycles. The Hall–Kier alpha value is -0.800. The summed E-state index contributed by atoms with van der Waals surface area (Å²) in [6.45, 7) is 1.97. The molecule has 13 heavy (non-hydrogen) atoms. The molecule has 0 bridgehead atoms. The molecule has 1 aromatic carbocycles. The van der Waals surface area contributed by atoms with Gasteiger partial charge in [-0.1, -0.05) is 15.9 Å². The van der Waals surface area contributed by atoms with Gasteiger partial charge in [0.25, 0.3) is 0 Å². The first kappa shape index (κ1) is 8.78. The zero-order valence-electron chi connectivity index (χ0n) is 7.34. The van der Waals surface area contributed by atoms with Crippen molar-refractivity contribution in [3.63, 3.8) is 0 Å². The number of halogens is 1. The summed E-state index contributed by atoms with van der Waals surface area (Å²) in [5.41, 5.74) is 7.98. The van der Waals surface area contributed by atoms with Crippen LogP contribution in [-0.4, -0.2) is 4.98 Å². The fourth-order valence-electron chi connectivity index (χ4n) is 1.37. The van der Waals surface area contributed by atoms with Crippen molar-refractivity contribution in [2.75, 3.05) is 0 Å². The molecule has 1 atom stereocenters. The number of rotatable bonds is 1. The van der Waals surface area contributed by atoms with Crippen LogP contribution in [0, 0.1) is 0 Å². The van der Waals surface area contributed by atoms with Gasteiger partial charge in [0, 0.05) is 27.1 Å². The summed E-state index contributed by atoms with van der Waals surface area (Å²) in [6, 6.07) is 8.29. The number of aromatic nitrogens is 1. The summed E-state index contributed by atoms with van der Waals surface area (Å²) in [6.07, 6.45) is 0. The molecule has 0 aliphatic rings. The first-order chi connectivity index (χ1) is 6.16. The van der Waals surface area contributed by atoms with E-state index in [4.69, 9.17) is 5.73 Å². The molecule has 2 aromatic rings.